The third-order valence-electron chi connectivity index (χ3n) is 5.23. The Morgan fingerprint density at radius 1 is 1.08 bits per heavy atom. The predicted molar refractivity (Wildman–Crippen MR) is 100 cm³/mol. The molecule has 1 N–H and O–H groups in total. The molecule has 0 aromatic carbocycles. The van der Waals surface area contributed by atoms with Gasteiger partial charge in [-0.1, -0.05) is 0 Å². The molecule has 0 aliphatic carbocycles. The molecule has 0 spiro atoms. The van der Waals surface area contributed by atoms with Crippen molar-refractivity contribution in [3.8, 4) is 0 Å². The van der Waals surface area contributed by atoms with E-state index in [0.29, 0.717) is 18.1 Å². The number of aromatic nitrogens is 2. The first-order valence-electron chi connectivity index (χ1n) is 9.89. The van der Waals surface area contributed by atoms with E-state index >= 15 is 0 Å². The van der Waals surface area contributed by atoms with Crippen molar-refractivity contribution in [2.24, 2.45) is 0 Å². The van der Waals surface area contributed by atoms with Gasteiger partial charge < -0.3 is 19.7 Å². The van der Waals surface area contributed by atoms with Crippen LogP contribution in [0, 0.1) is 0 Å². The molecule has 3 heterocycles. The van der Waals surface area contributed by atoms with Crippen molar-refractivity contribution in [3.05, 3.63) is 17.2 Å². The fourth-order valence-electron chi connectivity index (χ4n) is 3.81. The van der Waals surface area contributed by atoms with Crippen molar-refractivity contribution >= 4 is 11.8 Å². The summed E-state index contributed by atoms with van der Waals surface area (Å²) in [5, 5.41) is 2.96. The van der Waals surface area contributed by atoms with Crippen LogP contribution in [0.2, 0.25) is 0 Å². The normalized spacial score (nSPS) is 17.3. The molecule has 2 aliphatic rings. The van der Waals surface area contributed by atoms with Gasteiger partial charge in [-0.05, 0) is 65.6 Å². The van der Waals surface area contributed by atoms with Gasteiger partial charge in [0.15, 0.2) is 5.82 Å². The summed E-state index contributed by atoms with van der Waals surface area (Å²) >= 11 is 0. The lowest BCUT2D eigenvalue weighted by Gasteiger charge is -2.26. The van der Waals surface area contributed by atoms with Gasteiger partial charge in [0.05, 0.1) is 5.69 Å². The highest BCUT2D eigenvalue weighted by molar-refractivity contribution is 5.97. The van der Waals surface area contributed by atoms with E-state index in [2.05, 4.69) is 15.2 Å². The van der Waals surface area contributed by atoms with E-state index in [1.165, 1.54) is 6.42 Å². The van der Waals surface area contributed by atoms with Crippen molar-refractivity contribution in [2.45, 2.75) is 51.5 Å². The zero-order valence-corrected chi connectivity index (χ0v) is 16.1. The molecule has 1 aromatic rings. The fraction of sp³-hybridized carbons (Fsp3) is 0.737. The summed E-state index contributed by atoms with van der Waals surface area (Å²) in [4.78, 5) is 34.1. The Bertz CT molecular complexity index is 647. The molecule has 7 nitrogen and oxygen atoms in total. The standard InChI is InChI=1S/C19H31N5O2/c1-22(2)11-8-10-20-18(25)17-21-16(15-9-4-7-14-24(15)17)19(26)23-12-5-3-6-13-23/h3-14H2,1-2H3,(H,20,25). The lowest BCUT2D eigenvalue weighted by molar-refractivity contribution is 0.0717. The Balaban J connectivity index is 1.74. The minimum atomic E-state index is -0.162. The number of rotatable bonds is 6. The van der Waals surface area contributed by atoms with Gasteiger partial charge in [-0.3, -0.25) is 9.59 Å². The van der Waals surface area contributed by atoms with E-state index in [0.717, 1.165) is 70.4 Å². The van der Waals surface area contributed by atoms with Gasteiger partial charge in [0.1, 0.15) is 5.69 Å². The molecular formula is C19H31N5O2. The third-order valence-corrected chi connectivity index (χ3v) is 5.23. The SMILES string of the molecule is CN(C)CCCNC(=O)c1nc(C(=O)N2CCCCC2)c2n1CCCC2. The maximum Gasteiger partial charge on any atom is 0.287 e. The minimum absolute atomic E-state index is 0.00186. The van der Waals surface area contributed by atoms with Gasteiger partial charge in [0, 0.05) is 26.2 Å². The van der Waals surface area contributed by atoms with Crippen LogP contribution in [0.25, 0.3) is 0 Å². The quantitative estimate of drug-likeness (QED) is 0.780. The maximum atomic E-state index is 13.0. The van der Waals surface area contributed by atoms with Gasteiger partial charge in [0.25, 0.3) is 11.8 Å². The minimum Gasteiger partial charge on any atom is -0.349 e. The second-order valence-corrected chi connectivity index (χ2v) is 7.61. The van der Waals surface area contributed by atoms with Gasteiger partial charge in [0.2, 0.25) is 0 Å². The molecule has 144 valence electrons. The Morgan fingerprint density at radius 3 is 2.54 bits per heavy atom. The van der Waals surface area contributed by atoms with E-state index < -0.39 is 0 Å². The number of piperidine rings is 1. The largest absolute Gasteiger partial charge is 0.349 e. The van der Waals surface area contributed by atoms with Crippen LogP contribution in [0.3, 0.4) is 0 Å². The van der Waals surface area contributed by atoms with Crippen LogP contribution < -0.4 is 5.32 Å². The molecule has 1 aromatic heterocycles. The summed E-state index contributed by atoms with van der Waals surface area (Å²) in [5.41, 5.74) is 1.45. The molecular weight excluding hydrogens is 330 g/mol. The third kappa shape index (κ3) is 4.26. The Labute approximate surface area is 155 Å². The van der Waals surface area contributed by atoms with Crippen LogP contribution in [-0.2, 0) is 13.0 Å². The molecule has 1 saturated heterocycles. The van der Waals surface area contributed by atoms with Crippen LogP contribution in [-0.4, -0.2) is 71.4 Å². The lowest BCUT2D eigenvalue weighted by Crippen LogP contribution is -2.36. The highest BCUT2D eigenvalue weighted by Gasteiger charge is 2.30. The Hall–Kier alpha value is -1.89. The average Bonchev–Trinajstić information content (AvgIpc) is 3.05. The molecule has 2 aliphatic heterocycles. The average molecular weight is 361 g/mol. The molecule has 0 atom stereocenters. The fourth-order valence-corrected chi connectivity index (χ4v) is 3.81. The number of nitrogens with zero attached hydrogens (tertiary/aromatic N) is 4. The zero-order valence-electron chi connectivity index (χ0n) is 16.1. The highest BCUT2D eigenvalue weighted by atomic mass is 16.2. The van der Waals surface area contributed by atoms with Crippen LogP contribution in [0.4, 0.5) is 0 Å². The summed E-state index contributed by atoms with van der Waals surface area (Å²) in [6, 6.07) is 0. The summed E-state index contributed by atoms with van der Waals surface area (Å²) in [7, 11) is 4.04. The van der Waals surface area contributed by atoms with Crippen molar-refractivity contribution in [1.82, 2.24) is 24.7 Å². The van der Waals surface area contributed by atoms with Crippen LogP contribution in [0.15, 0.2) is 0 Å². The smallest absolute Gasteiger partial charge is 0.287 e. The van der Waals surface area contributed by atoms with Crippen LogP contribution >= 0.6 is 0 Å². The van der Waals surface area contributed by atoms with Gasteiger partial charge in [-0.15, -0.1) is 0 Å². The molecule has 0 radical (unpaired) electrons. The van der Waals surface area contributed by atoms with Crippen molar-refractivity contribution < 1.29 is 9.59 Å². The number of hydrogen-bond acceptors (Lipinski definition) is 4. The molecule has 3 rings (SSSR count). The summed E-state index contributed by atoms with van der Waals surface area (Å²) in [6.07, 6.45) is 7.10. The number of amides is 2. The van der Waals surface area contributed by atoms with E-state index in [1.54, 1.807) is 0 Å². The van der Waals surface area contributed by atoms with E-state index in [4.69, 9.17) is 0 Å². The Kier molecular flexibility index (Phi) is 6.29. The summed E-state index contributed by atoms with van der Waals surface area (Å²) < 4.78 is 1.97. The molecule has 26 heavy (non-hydrogen) atoms. The van der Waals surface area contributed by atoms with E-state index in [9.17, 15) is 9.59 Å². The highest BCUT2D eigenvalue weighted by Crippen LogP contribution is 2.23. The molecule has 0 unspecified atom stereocenters. The first-order chi connectivity index (χ1) is 12.6. The number of carbonyl (C=O) groups is 2. The van der Waals surface area contributed by atoms with Crippen molar-refractivity contribution in [2.75, 3.05) is 40.3 Å². The molecule has 2 amide bonds. The number of likely N-dealkylation sites (tertiary alicyclic amines) is 1. The maximum absolute atomic E-state index is 13.0. The Morgan fingerprint density at radius 2 is 1.81 bits per heavy atom. The van der Waals surface area contributed by atoms with Crippen molar-refractivity contribution in [3.63, 3.8) is 0 Å². The first kappa shape index (κ1) is 18.9. The topological polar surface area (TPSA) is 70.5 Å². The summed E-state index contributed by atoms with van der Waals surface area (Å²) in [6.45, 7) is 3.93. The lowest BCUT2D eigenvalue weighted by atomic mass is 10.1. The van der Waals surface area contributed by atoms with E-state index in [-0.39, 0.29) is 11.8 Å². The molecule has 1 fully saturated rings. The predicted octanol–water partition coefficient (Wildman–Crippen LogP) is 1.53. The number of nitrogens with one attached hydrogen (secondary N) is 1. The van der Waals surface area contributed by atoms with Crippen LogP contribution in [0.5, 0.6) is 0 Å². The van der Waals surface area contributed by atoms with E-state index in [1.807, 2.05) is 23.6 Å². The number of fused-ring (bicyclic) bond motifs is 1. The second kappa shape index (κ2) is 8.66. The zero-order chi connectivity index (χ0) is 18.5. The molecule has 7 heteroatoms. The molecule has 0 saturated carbocycles. The number of hydrogen-bond donors (Lipinski definition) is 1. The van der Waals surface area contributed by atoms with Crippen molar-refractivity contribution in [1.29, 1.82) is 0 Å². The second-order valence-electron chi connectivity index (χ2n) is 7.61. The van der Waals surface area contributed by atoms with Gasteiger partial charge in [-0.25, -0.2) is 4.98 Å². The monoisotopic (exact) mass is 361 g/mol. The molecule has 0 bridgehead atoms. The van der Waals surface area contributed by atoms with Crippen LogP contribution in [0.1, 0.15) is 65.3 Å². The summed E-state index contributed by atoms with van der Waals surface area (Å²) in [5.74, 6) is 0.247. The number of carbonyl (C=O) groups excluding carboxylic acids is 2. The first-order valence-corrected chi connectivity index (χ1v) is 9.89. The number of imidazole rings is 1. The van der Waals surface area contributed by atoms with Gasteiger partial charge in [-0.2, -0.15) is 0 Å². The van der Waals surface area contributed by atoms with Gasteiger partial charge >= 0.3 is 0 Å².